The molecule has 2 aromatic carbocycles. The predicted molar refractivity (Wildman–Crippen MR) is 109 cm³/mol. The van der Waals surface area contributed by atoms with E-state index in [2.05, 4.69) is 20.6 Å². The molecule has 0 fully saturated rings. The van der Waals surface area contributed by atoms with Crippen molar-refractivity contribution in [3.63, 3.8) is 0 Å². The van der Waals surface area contributed by atoms with E-state index in [9.17, 15) is 4.79 Å². The van der Waals surface area contributed by atoms with Crippen molar-refractivity contribution < 1.29 is 14.3 Å². The molecule has 7 nitrogen and oxygen atoms in total. The van der Waals surface area contributed by atoms with Crippen molar-refractivity contribution in [1.82, 2.24) is 9.97 Å². The van der Waals surface area contributed by atoms with Crippen LogP contribution in [0.4, 0.5) is 17.3 Å². The first-order chi connectivity index (χ1) is 13.5. The van der Waals surface area contributed by atoms with Crippen LogP contribution >= 0.6 is 0 Å². The Morgan fingerprint density at radius 1 is 1.00 bits per heavy atom. The lowest BCUT2D eigenvalue weighted by Crippen LogP contribution is -2.16. The van der Waals surface area contributed by atoms with Crippen LogP contribution in [0.5, 0.6) is 11.5 Å². The highest BCUT2D eigenvalue weighted by Crippen LogP contribution is 2.30. The molecule has 0 atom stereocenters. The first-order valence-electron chi connectivity index (χ1n) is 8.71. The fourth-order valence-corrected chi connectivity index (χ4v) is 2.76. The minimum absolute atomic E-state index is 0.257. The number of rotatable bonds is 6. The van der Waals surface area contributed by atoms with Crippen molar-refractivity contribution >= 4 is 23.2 Å². The Bertz CT molecular complexity index is 984. The average Bonchev–Trinajstić information content (AvgIpc) is 2.71. The number of hydrogen-bond acceptors (Lipinski definition) is 6. The molecule has 1 aromatic heterocycles. The van der Waals surface area contributed by atoms with Gasteiger partial charge in [0.05, 0.1) is 19.9 Å². The molecule has 3 aromatic rings. The molecule has 0 spiro atoms. The highest BCUT2D eigenvalue weighted by molar-refractivity contribution is 6.03. The number of nitrogens with zero attached hydrogens (tertiary/aromatic N) is 2. The summed E-state index contributed by atoms with van der Waals surface area (Å²) in [5, 5.41) is 6.00. The minimum Gasteiger partial charge on any atom is -0.497 e. The molecule has 0 unspecified atom stereocenters. The summed E-state index contributed by atoms with van der Waals surface area (Å²) in [6.07, 6.45) is 1.53. The largest absolute Gasteiger partial charge is 0.497 e. The first-order valence-corrected chi connectivity index (χ1v) is 8.71. The fraction of sp³-hybridized carbons (Fsp3) is 0.190. The number of anilines is 3. The van der Waals surface area contributed by atoms with Gasteiger partial charge in [0, 0.05) is 18.0 Å². The van der Waals surface area contributed by atoms with E-state index in [-0.39, 0.29) is 17.5 Å². The Hall–Kier alpha value is -3.61. The van der Waals surface area contributed by atoms with Crippen molar-refractivity contribution in [3.8, 4) is 11.5 Å². The maximum Gasteiger partial charge on any atom is 0.274 e. The van der Waals surface area contributed by atoms with Gasteiger partial charge >= 0.3 is 0 Å². The van der Waals surface area contributed by atoms with Gasteiger partial charge in [-0.25, -0.2) is 9.97 Å². The number of aryl methyl sites for hydroxylation is 2. The van der Waals surface area contributed by atoms with Gasteiger partial charge in [-0.3, -0.25) is 4.79 Å². The van der Waals surface area contributed by atoms with E-state index in [4.69, 9.17) is 9.47 Å². The second-order valence-electron chi connectivity index (χ2n) is 6.18. The van der Waals surface area contributed by atoms with Crippen molar-refractivity contribution in [1.29, 1.82) is 0 Å². The minimum atomic E-state index is -0.301. The Morgan fingerprint density at radius 3 is 2.43 bits per heavy atom. The van der Waals surface area contributed by atoms with Crippen LogP contribution in [-0.4, -0.2) is 30.1 Å². The van der Waals surface area contributed by atoms with Crippen molar-refractivity contribution in [3.05, 3.63) is 65.5 Å². The number of carbonyl (C=O) groups excluding carboxylic acids is 1. The van der Waals surface area contributed by atoms with E-state index in [0.29, 0.717) is 17.2 Å². The highest BCUT2D eigenvalue weighted by atomic mass is 16.5. The number of nitrogens with one attached hydrogen (secondary N) is 2. The fourth-order valence-electron chi connectivity index (χ4n) is 2.76. The summed E-state index contributed by atoms with van der Waals surface area (Å²) >= 11 is 0. The van der Waals surface area contributed by atoms with Gasteiger partial charge in [-0.15, -0.1) is 0 Å². The van der Waals surface area contributed by atoms with Crippen LogP contribution in [0.15, 0.2) is 48.7 Å². The Morgan fingerprint density at radius 2 is 1.75 bits per heavy atom. The number of carbonyl (C=O) groups is 1. The van der Waals surface area contributed by atoms with Gasteiger partial charge in [0.1, 0.15) is 17.2 Å². The zero-order valence-corrected chi connectivity index (χ0v) is 16.2. The molecule has 7 heteroatoms. The Labute approximate surface area is 163 Å². The van der Waals surface area contributed by atoms with Crippen LogP contribution in [0.1, 0.15) is 21.6 Å². The number of ether oxygens (including phenoxy) is 2. The van der Waals surface area contributed by atoms with E-state index >= 15 is 0 Å². The molecule has 0 radical (unpaired) electrons. The van der Waals surface area contributed by atoms with E-state index < -0.39 is 0 Å². The standard InChI is InChI=1S/C21H22N4O3/c1-13-6-5-7-14(2)19(13)25-20(26)17-10-11-22-21(24-17)23-16-9-8-15(27-3)12-18(16)28-4/h5-12H,1-4H3,(H,25,26)(H,22,23,24). The molecule has 0 aliphatic carbocycles. The summed E-state index contributed by atoms with van der Waals surface area (Å²) in [4.78, 5) is 21.2. The summed E-state index contributed by atoms with van der Waals surface area (Å²) in [5.41, 5.74) is 3.69. The third-order valence-corrected chi connectivity index (χ3v) is 4.26. The smallest absolute Gasteiger partial charge is 0.274 e. The van der Waals surface area contributed by atoms with Crippen LogP contribution in [0, 0.1) is 13.8 Å². The van der Waals surface area contributed by atoms with Crippen LogP contribution in [0.2, 0.25) is 0 Å². The van der Waals surface area contributed by atoms with Crippen LogP contribution in [0.25, 0.3) is 0 Å². The number of methoxy groups -OCH3 is 2. The molecule has 1 heterocycles. The van der Waals surface area contributed by atoms with Crippen molar-refractivity contribution in [2.24, 2.45) is 0 Å². The Balaban J connectivity index is 1.82. The lowest BCUT2D eigenvalue weighted by Gasteiger charge is -2.13. The maximum atomic E-state index is 12.7. The number of amides is 1. The Kier molecular flexibility index (Phi) is 5.74. The second kappa shape index (κ2) is 8.39. The molecule has 0 saturated heterocycles. The number of aromatic nitrogens is 2. The predicted octanol–water partition coefficient (Wildman–Crippen LogP) is 4.11. The quantitative estimate of drug-likeness (QED) is 0.671. The van der Waals surface area contributed by atoms with Gasteiger partial charge in [0.2, 0.25) is 5.95 Å². The third-order valence-electron chi connectivity index (χ3n) is 4.26. The average molecular weight is 378 g/mol. The monoisotopic (exact) mass is 378 g/mol. The van der Waals surface area contributed by atoms with Crippen LogP contribution in [0.3, 0.4) is 0 Å². The van der Waals surface area contributed by atoms with E-state index in [1.165, 1.54) is 6.20 Å². The van der Waals surface area contributed by atoms with E-state index in [1.807, 2.05) is 32.0 Å². The topological polar surface area (TPSA) is 85.4 Å². The number of hydrogen-bond donors (Lipinski definition) is 2. The summed E-state index contributed by atoms with van der Waals surface area (Å²) < 4.78 is 10.6. The molecular weight excluding hydrogens is 356 g/mol. The molecule has 28 heavy (non-hydrogen) atoms. The van der Waals surface area contributed by atoms with Gasteiger partial charge in [0.15, 0.2) is 0 Å². The SMILES string of the molecule is COc1ccc(Nc2nccc(C(=O)Nc3c(C)cccc3C)n2)c(OC)c1. The molecule has 1 amide bonds. The van der Waals surface area contributed by atoms with Gasteiger partial charge in [-0.2, -0.15) is 0 Å². The highest BCUT2D eigenvalue weighted by Gasteiger charge is 2.13. The number of benzene rings is 2. The van der Waals surface area contributed by atoms with Gasteiger partial charge in [0.25, 0.3) is 5.91 Å². The zero-order valence-electron chi connectivity index (χ0n) is 16.2. The lowest BCUT2D eigenvalue weighted by atomic mass is 10.1. The second-order valence-corrected chi connectivity index (χ2v) is 6.18. The molecular formula is C21H22N4O3. The van der Waals surface area contributed by atoms with Crippen LogP contribution < -0.4 is 20.1 Å². The van der Waals surface area contributed by atoms with E-state index in [0.717, 1.165) is 16.8 Å². The number of para-hydroxylation sites is 1. The molecule has 0 aliphatic heterocycles. The zero-order chi connectivity index (χ0) is 20.1. The molecule has 144 valence electrons. The van der Waals surface area contributed by atoms with Gasteiger partial charge < -0.3 is 20.1 Å². The van der Waals surface area contributed by atoms with Gasteiger partial charge in [-0.05, 0) is 43.2 Å². The summed E-state index contributed by atoms with van der Waals surface area (Å²) in [5.74, 6) is 1.24. The third kappa shape index (κ3) is 4.20. The summed E-state index contributed by atoms with van der Waals surface area (Å²) in [7, 11) is 3.15. The normalized spacial score (nSPS) is 10.3. The maximum absolute atomic E-state index is 12.7. The van der Waals surface area contributed by atoms with Crippen molar-refractivity contribution in [2.45, 2.75) is 13.8 Å². The lowest BCUT2D eigenvalue weighted by molar-refractivity contribution is 0.102. The molecule has 0 bridgehead atoms. The molecule has 0 aliphatic rings. The van der Waals surface area contributed by atoms with Gasteiger partial charge in [-0.1, -0.05) is 18.2 Å². The van der Waals surface area contributed by atoms with E-state index in [1.54, 1.807) is 38.5 Å². The molecule has 3 rings (SSSR count). The summed E-state index contributed by atoms with van der Waals surface area (Å²) in [6, 6.07) is 12.8. The molecule has 0 saturated carbocycles. The summed E-state index contributed by atoms with van der Waals surface area (Å²) in [6.45, 7) is 3.90. The van der Waals surface area contributed by atoms with Crippen molar-refractivity contribution in [2.75, 3.05) is 24.9 Å². The van der Waals surface area contributed by atoms with Crippen LogP contribution in [-0.2, 0) is 0 Å². The first kappa shape index (κ1) is 19.2. The molecule has 2 N–H and O–H groups in total.